The second-order valence-electron chi connectivity index (χ2n) is 5.09. The van der Waals surface area contributed by atoms with Crippen molar-refractivity contribution in [2.75, 3.05) is 26.0 Å². The second-order valence-corrected chi connectivity index (χ2v) is 5.93. The molecule has 1 heterocycles. The number of nitro benzene ring substituents is 1. The Bertz CT molecular complexity index is 550. The molecule has 1 aliphatic rings. The highest BCUT2D eigenvalue weighted by atomic mass is 32.2. The smallest absolute Gasteiger partial charge is 0.283 e. The molecule has 21 heavy (non-hydrogen) atoms. The van der Waals surface area contributed by atoms with Crippen LogP contribution in [0.2, 0.25) is 0 Å². The van der Waals surface area contributed by atoms with Crippen molar-refractivity contribution in [2.45, 2.75) is 17.7 Å². The molecule has 1 amide bonds. The molecule has 0 spiro atoms. The monoisotopic (exact) mass is 310 g/mol. The zero-order valence-corrected chi connectivity index (χ0v) is 12.6. The largest absolute Gasteiger partial charge is 0.396 e. The van der Waals surface area contributed by atoms with E-state index in [2.05, 4.69) is 0 Å². The Balaban J connectivity index is 2.23. The molecule has 1 aromatic rings. The zero-order valence-electron chi connectivity index (χ0n) is 11.8. The topological polar surface area (TPSA) is 83.7 Å². The van der Waals surface area contributed by atoms with Gasteiger partial charge in [0, 0.05) is 31.3 Å². The van der Waals surface area contributed by atoms with Crippen molar-refractivity contribution in [1.29, 1.82) is 0 Å². The van der Waals surface area contributed by atoms with Crippen molar-refractivity contribution in [2.24, 2.45) is 5.92 Å². The highest BCUT2D eigenvalue weighted by Gasteiger charge is 2.25. The number of benzene rings is 1. The van der Waals surface area contributed by atoms with Crippen LogP contribution in [0.15, 0.2) is 23.1 Å². The molecule has 0 saturated carbocycles. The van der Waals surface area contributed by atoms with Crippen LogP contribution in [0.4, 0.5) is 5.69 Å². The molecule has 7 heteroatoms. The molecule has 1 aliphatic heterocycles. The lowest BCUT2D eigenvalue weighted by molar-refractivity contribution is -0.387. The van der Waals surface area contributed by atoms with E-state index in [1.807, 2.05) is 0 Å². The number of nitro groups is 1. The van der Waals surface area contributed by atoms with Crippen molar-refractivity contribution in [3.05, 3.63) is 33.9 Å². The SMILES string of the molecule is CSc1ccc(C(=O)N2CCCC(CO)C2)cc1[N+](=O)[O-]. The summed E-state index contributed by atoms with van der Waals surface area (Å²) in [5.74, 6) is -0.105. The highest BCUT2D eigenvalue weighted by molar-refractivity contribution is 7.98. The molecule has 0 radical (unpaired) electrons. The minimum atomic E-state index is -0.463. The summed E-state index contributed by atoms with van der Waals surface area (Å²) in [5.41, 5.74) is 0.294. The van der Waals surface area contributed by atoms with Crippen LogP contribution < -0.4 is 0 Å². The summed E-state index contributed by atoms with van der Waals surface area (Å²) in [4.78, 5) is 25.3. The van der Waals surface area contributed by atoms with Gasteiger partial charge in [0.25, 0.3) is 11.6 Å². The Hall–Kier alpha value is -1.60. The van der Waals surface area contributed by atoms with Crippen LogP contribution in [0.25, 0.3) is 0 Å². The standard InChI is InChI=1S/C14H18N2O4S/c1-21-13-5-4-11(7-12(13)16(19)20)14(18)15-6-2-3-10(8-15)9-17/h4-5,7,10,17H,2-3,6,8-9H2,1H3. The molecule has 1 unspecified atom stereocenters. The number of likely N-dealkylation sites (tertiary alicyclic amines) is 1. The fourth-order valence-electron chi connectivity index (χ4n) is 2.55. The summed E-state index contributed by atoms with van der Waals surface area (Å²) in [6, 6.07) is 4.59. The van der Waals surface area contributed by atoms with E-state index in [1.54, 1.807) is 23.3 Å². The number of hydrogen-bond donors (Lipinski definition) is 1. The van der Waals surface area contributed by atoms with E-state index in [0.29, 0.717) is 23.5 Å². The fourth-order valence-corrected chi connectivity index (χ4v) is 3.09. The van der Waals surface area contributed by atoms with Crippen LogP contribution in [-0.4, -0.2) is 46.8 Å². The number of rotatable bonds is 4. The number of aliphatic hydroxyl groups excluding tert-OH is 1. The summed E-state index contributed by atoms with van der Waals surface area (Å²) < 4.78 is 0. The van der Waals surface area contributed by atoms with Gasteiger partial charge in [0.1, 0.15) is 0 Å². The van der Waals surface area contributed by atoms with Crippen LogP contribution in [0.3, 0.4) is 0 Å². The van der Waals surface area contributed by atoms with Gasteiger partial charge in [0.15, 0.2) is 0 Å². The van der Waals surface area contributed by atoms with Crippen molar-refractivity contribution in [3.8, 4) is 0 Å². The molecular weight excluding hydrogens is 292 g/mol. The predicted molar refractivity (Wildman–Crippen MR) is 80.6 cm³/mol. The number of hydrogen-bond acceptors (Lipinski definition) is 5. The third-order valence-corrected chi connectivity index (χ3v) is 4.47. The fraction of sp³-hybridized carbons (Fsp3) is 0.500. The van der Waals surface area contributed by atoms with Gasteiger partial charge in [0.05, 0.1) is 9.82 Å². The summed E-state index contributed by atoms with van der Waals surface area (Å²) in [5, 5.41) is 20.3. The van der Waals surface area contributed by atoms with Gasteiger partial charge in [-0.1, -0.05) is 0 Å². The lowest BCUT2D eigenvalue weighted by Crippen LogP contribution is -2.40. The zero-order chi connectivity index (χ0) is 15.4. The van der Waals surface area contributed by atoms with Crippen molar-refractivity contribution >= 4 is 23.4 Å². The number of thioether (sulfide) groups is 1. The van der Waals surface area contributed by atoms with Gasteiger partial charge < -0.3 is 10.0 Å². The van der Waals surface area contributed by atoms with Crippen LogP contribution in [0, 0.1) is 16.0 Å². The molecule has 0 aliphatic carbocycles. The van der Waals surface area contributed by atoms with E-state index < -0.39 is 4.92 Å². The number of aliphatic hydroxyl groups is 1. The van der Waals surface area contributed by atoms with E-state index in [1.165, 1.54) is 17.8 Å². The number of piperidine rings is 1. The Kier molecular flexibility index (Phi) is 5.19. The maximum Gasteiger partial charge on any atom is 0.283 e. The van der Waals surface area contributed by atoms with Gasteiger partial charge in [-0.15, -0.1) is 11.8 Å². The summed E-state index contributed by atoms with van der Waals surface area (Å²) in [6.07, 6.45) is 3.52. The number of carbonyl (C=O) groups excluding carboxylic acids is 1. The Morgan fingerprint density at radius 1 is 1.57 bits per heavy atom. The first-order valence-corrected chi connectivity index (χ1v) is 8.02. The van der Waals surface area contributed by atoms with Crippen LogP contribution >= 0.6 is 11.8 Å². The summed E-state index contributed by atoms with van der Waals surface area (Å²) in [6.45, 7) is 1.20. The van der Waals surface area contributed by atoms with Crippen molar-refractivity contribution in [3.63, 3.8) is 0 Å². The summed E-state index contributed by atoms with van der Waals surface area (Å²) >= 11 is 1.28. The molecule has 114 valence electrons. The quantitative estimate of drug-likeness (QED) is 0.523. The van der Waals surface area contributed by atoms with Gasteiger partial charge in [0.2, 0.25) is 0 Å². The van der Waals surface area contributed by atoms with Crippen molar-refractivity contribution < 1.29 is 14.8 Å². The van der Waals surface area contributed by atoms with Gasteiger partial charge in [-0.3, -0.25) is 14.9 Å². The Morgan fingerprint density at radius 2 is 2.33 bits per heavy atom. The van der Waals surface area contributed by atoms with Gasteiger partial charge in [-0.2, -0.15) is 0 Å². The Labute approximate surface area is 127 Å². The summed E-state index contributed by atoms with van der Waals surface area (Å²) in [7, 11) is 0. The van der Waals surface area contributed by atoms with E-state index in [-0.39, 0.29) is 24.1 Å². The van der Waals surface area contributed by atoms with E-state index in [0.717, 1.165) is 12.8 Å². The number of carbonyl (C=O) groups is 1. The maximum atomic E-state index is 12.5. The van der Waals surface area contributed by atoms with E-state index >= 15 is 0 Å². The highest BCUT2D eigenvalue weighted by Crippen LogP contribution is 2.29. The number of nitrogens with zero attached hydrogens (tertiary/aromatic N) is 2. The first-order chi connectivity index (χ1) is 10.1. The van der Waals surface area contributed by atoms with E-state index in [9.17, 15) is 20.0 Å². The second kappa shape index (κ2) is 6.91. The van der Waals surface area contributed by atoms with Crippen molar-refractivity contribution in [1.82, 2.24) is 4.90 Å². The molecule has 1 saturated heterocycles. The lowest BCUT2D eigenvalue weighted by Gasteiger charge is -2.31. The van der Waals surface area contributed by atoms with Gasteiger partial charge >= 0.3 is 0 Å². The first-order valence-electron chi connectivity index (χ1n) is 6.79. The molecular formula is C14H18N2O4S. The average Bonchev–Trinajstić information content (AvgIpc) is 2.53. The maximum absolute atomic E-state index is 12.5. The molecule has 1 fully saturated rings. The first kappa shape index (κ1) is 15.8. The number of amides is 1. The minimum absolute atomic E-state index is 0.0379. The molecule has 6 nitrogen and oxygen atoms in total. The van der Waals surface area contributed by atoms with E-state index in [4.69, 9.17) is 0 Å². The molecule has 2 rings (SSSR count). The molecule has 0 aromatic heterocycles. The molecule has 1 atom stereocenters. The molecule has 0 bridgehead atoms. The van der Waals surface area contributed by atoms with Crippen LogP contribution in [0.1, 0.15) is 23.2 Å². The molecule has 1 aromatic carbocycles. The van der Waals surface area contributed by atoms with Crippen LogP contribution in [0.5, 0.6) is 0 Å². The minimum Gasteiger partial charge on any atom is -0.396 e. The van der Waals surface area contributed by atoms with Gasteiger partial charge in [-0.25, -0.2) is 0 Å². The predicted octanol–water partition coefficient (Wildman–Crippen LogP) is 2.16. The molecule has 1 N–H and O–H groups in total. The van der Waals surface area contributed by atoms with Crippen LogP contribution in [-0.2, 0) is 0 Å². The third kappa shape index (κ3) is 3.54. The Morgan fingerprint density at radius 3 is 2.95 bits per heavy atom. The normalized spacial score (nSPS) is 18.6. The third-order valence-electron chi connectivity index (χ3n) is 3.69. The van der Waals surface area contributed by atoms with Gasteiger partial charge in [-0.05, 0) is 37.1 Å². The average molecular weight is 310 g/mol. The lowest BCUT2D eigenvalue weighted by atomic mass is 9.98.